The number of carbonyl (C=O) groups excluding carboxylic acids is 1. The number of carboxylic acids is 1. The van der Waals surface area contributed by atoms with Crippen molar-refractivity contribution in [3.63, 3.8) is 0 Å². The average molecular weight is 265 g/mol. The second-order valence-electron chi connectivity index (χ2n) is 3.79. The predicted octanol–water partition coefficient (Wildman–Crippen LogP) is 2.91. The number of hydrogen-bond acceptors (Lipinski definition) is 4. The van der Waals surface area contributed by atoms with Crippen LogP contribution in [0.15, 0.2) is 22.6 Å². The highest BCUT2D eigenvalue weighted by molar-refractivity contribution is 7.18. The van der Waals surface area contributed by atoms with Crippen LogP contribution in [0.4, 0.5) is 5.00 Å². The summed E-state index contributed by atoms with van der Waals surface area (Å²) in [5.74, 6) is -0.530. The van der Waals surface area contributed by atoms with Crippen LogP contribution < -0.4 is 5.32 Å². The highest BCUT2D eigenvalue weighted by atomic mass is 32.1. The van der Waals surface area contributed by atoms with Gasteiger partial charge in [0.25, 0.3) is 5.91 Å². The molecule has 0 aliphatic rings. The molecule has 2 aromatic rings. The van der Waals surface area contributed by atoms with Crippen molar-refractivity contribution in [2.24, 2.45) is 0 Å². The molecule has 2 N–H and O–H groups in total. The predicted molar refractivity (Wildman–Crippen MR) is 67.4 cm³/mol. The van der Waals surface area contributed by atoms with Gasteiger partial charge in [0.2, 0.25) is 0 Å². The zero-order valence-electron chi connectivity index (χ0n) is 9.81. The Labute approximate surface area is 107 Å². The number of hydrogen-bond donors (Lipinski definition) is 2. The van der Waals surface area contributed by atoms with Gasteiger partial charge >= 0.3 is 5.97 Å². The molecule has 6 heteroatoms. The van der Waals surface area contributed by atoms with Crippen molar-refractivity contribution in [2.75, 3.05) is 5.32 Å². The van der Waals surface area contributed by atoms with E-state index < -0.39 is 5.97 Å². The number of amides is 1. The molecule has 5 nitrogen and oxygen atoms in total. The molecule has 2 aromatic heterocycles. The molecule has 0 saturated heterocycles. The normalized spacial score (nSPS) is 10.3. The Kier molecular flexibility index (Phi) is 3.20. The van der Waals surface area contributed by atoms with E-state index in [1.54, 1.807) is 32.0 Å². The minimum Gasteiger partial charge on any atom is -0.477 e. The number of carboxylic acid groups (broad SMARTS) is 1. The lowest BCUT2D eigenvalue weighted by molar-refractivity contribution is 0.0701. The van der Waals surface area contributed by atoms with Crippen LogP contribution in [0.1, 0.15) is 31.6 Å². The first-order valence-corrected chi connectivity index (χ1v) is 6.00. The number of furan rings is 1. The third-order valence-electron chi connectivity index (χ3n) is 2.31. The smallest absolute Gasteiger partial charge is 0.346 e. The van der Waals surface area contributed by atoms with E-state index in [1.165, 1.54) is 0 Å². The number of nitrogens with one attached hydrogen (secondary N) is 1. The third kappa shape index (κ3) is 2.43. The molecular weight excluding hydrogens is 254 g/mol. The van der Waals surface area contributed by atoms with Crippen molar-refractivity contribution in [2.45, 2.75) is 13.8 Å². The first-order chi connectivity index (χ1) is 8.47. The Bertz CT molecular complexity index is 611. The second-order valence-corrected chi connectivity index (χ2v) is 4.84. The zero-order chi connectivity index (χ0) is 13.3. The standard InChI is InChI=1S/C12H11NO4S/c1-6-5-9(18-10(6)12(15)16)13-11(14)8-4-3-7(2)17-8/h3-5H,1-2H3,(H,13,14)(H,15,16). The Balaban J connectivity index is 2.17. The highest BCUT2D eigenvalue weighted by Crippen LogP contribution is 2.27. The summed E-state index contributed by atoms with van der Waals surface area (Å²) in [4.78, 5) is 22.9. The van der Waals surface area contributed by atoms with Gasteiger partial charge in [-0.05, 0) is 37.6 Å². The SMILES string of the molecule is Cc1ccc(C(=O)Nc2cc(C)c(C(=O)O)s2)o1. The average Bonchev–Trinajstić information content (AvgIpc) is 2.85. The lowest BCUT2D eigenvalue weighted by Crippen LogP contribution is -2.09. The molecule has 0 radical (unpaired) electrons. The van der Waals surface area contributed by atoms with Crippen LogP contribution >= 0.6 is 11.3 Å². The molecule has 18 heavy (non-hydrogen) atoms. The molecule has 0 aliphatic carbocycles. The molecule has 0 aliphatic heterocycles. The number of rotatable bonds is 3. The monoisotopic (exact) mass is 265 g/mol. The van der Waals surface area contributed by atoms with Gasteiger partial charge in [-0.3, -0.25) is 4.79 Å². The van der Waals surface area contributed by atoms with Crippen LogP contribution in [0.3, 0.4) is 0 Å². The lowest BCUT2D eigenvalue weighted by Gasteiger charge is -1.98. The molecule has 0 saturated carbocycles. The Hall–Kier alpha value is -2.08. The van der Waals surface area contributed by atoms with Gasteiger partial charge in [-0.25, -0.2) is 4.79 Å². The molecule has 0 aromatic carbocycles. The summed E-state index contributed by atoms with van der Waals surface area (Å²) in [5.41, 5.74) is 0.624. The summed E-state index contributed by atoms with van der Waals surface area (Å²) in [6, 6.07) is 4.89. The Morgan fingerprint density at radius 3 is 2.56 bits per heavy atom. The maximum Gasteiger partial charge on any atom is 0.346 e. The summed E-state index contributed by atoms with van der Waals surface area (Å²) in [7, 11) is 0. The summed E-state index contributed by atoms with van der Waals surface area (Å²) in [6.07, 6.45) is 0. The number of anilines is 1. The molecule has 2 heterocycles. The highest BCUT2D eigenvalue weighted by Gasteiger charge is 2.15. The van der Waals surface area contributed by atoms with Crippen molar-refractivity contribution in [3.8, 4) is 0 Å². The topological polar surface area (TPSA) is 79.5 Å². The first kappa shape index (κ1) is 12.4. The van der Waals surface area contributed by atoms with Gasteiger partial charge < -0.3 is 14.8 Å². The van der Waals surface area contributed by atoms with E-state index in [1.807, 2.05) is 0 Å². The minimum absolute atomic E-state index is 0.204. The molecule has 0 fully saturated rings. The van der Waals surface area contributed by atoms with Crippen molar-refractivity contribution >= 4 is 28.2 Å². The van der Waals surface area contributed by atoms with E-state index in [0.29, 0.717) is 16.3 Å². The van der Waals surface area contributed by atoms with Crippen LogP contribution in [-0.4, -0.2) is 17.0 Å². The van der Waals surface area contributed by atoms with Crippen molar-refractivity contribution < 1.29 is 19.1 Å². The molecule has 0 bridgehead atoms. The van der Waals surface area contributed by atoms with Crippen LogP contribution in [0, 0.1) is 13.8 Å². The fourth-order valence-electron chi connectivity index (χ4n) is 1.49. The van der Waals surface area contributed by atoms with Crippen LogP contribution in [0.5, 0.6) is 0 Å². The molecule has 1 amide bonds. The summed E-state index contributed by atoms with van der Waals surface area (Å²) >= 11 is 1.02. The van der Waals surface area contributed by atoms with Crippen molar-refractivity contribution in [1.29, 1.82) is 0 Å². The van der Waals surface area contributed by atoms with Crippen molar-refractivity contribution in [1.82, 2.24) is 0 Å². The first-order valence-electron chi connectivity index (χ1n) is 5.19. The Morgan fingerprint density at radius 1 is 1.33 bits per heavy atom. The minimum atomic E-state index is -0.994. The molecule has 2 rings (SSSR count). The van der Waals surface area contributed by atoms with Gasteiger partial charge in [-0.2, -0.15) is 0 Å². The van der Waals surface area contributed by atoms with E-state index in [4.69, 9.17) is 9.52 Å². The Morgan fingerprint density at radius 2 is 2.06 bits per heavy atom. The largest absolute Gasteiger partial charge is 0.477 e. The van der Waals surface area contributed by atoms with Gasteiger partial charge in [0.15, 0.2) is 5.76 Å². The van der Waals surface area contributed by atoms with E-state index in [9.17, 15) is 9.59 Å². The van der Waals surface area contributed by atoms with Gasteiger partial charge in [0.05, 0.1) is 5.00 Å². The molecule has 0 unspecified atom stereocenters. The number of thiophene rings is 1. The van der Waals surface area contributed by atoms with Gasteiger partial charge in [0.1, 0.15) is 10.6 Å². The number of carbonyl (C=O) groups is 2. The maximum atomic E-state index is 11.8. The van der Waals surface area contributed by atoms with Crippen LogP contribution in [-0.2, 0) is 0 Å². The van der Waals surface area contributed by atoms with E-state index in [2.05, 4.69) is 5.32 Å². The van der Waals surface area contributed by atoms with E-state index in [0.717, 1.165) is 11.3 Å². The quantitative estimate of drug-likeness (QED) is 0.894. The van der Waals surface area contributed by atoms with E-state index >= 15 is 0 Å². The fourth-order valence-corrected chi connectivity index (χ4v) is 2.39. The summed E-state index contributed by atoms with van der Waals surface area (Å²) in [5, 5.41) is 12.0. The van der Waals surface area contributed by atoms with Crippen LogP contribution in [0.2, 0.25) is 0 Å². The molecule has 94 valence electrons. The summed E-state index contributed by atoms with van der Waals surface area (Å²) < 4.78 is 5.18. The van der Waals surface area contributed by atoms with Gasteiger partial charge in [-0.1, -0.05) is 0 Å². The number of aromatic carboxylic acids is 1. The van der Waals surface area contributed by atoms with Gasteiger partial charge in [0, 0.05) is 0 Å². The second kappa shape index (κ2) is 4.66. The number of aryl methyl sites for hydroxylation is 2. The molecule has 0 atom stereocenters. The molecule has 0 spiro atoms. The lowest BCUT2D eigenvalue weighted by atomic mass is 10.3. The summed E-state index contributed by atoms with van der Waals surface area (Å²) in [6.45, 7) is 3.43. The fraction of sp³-hybridized carbons (Fsp3) is 0.167. The third-order valence-corrected chi connectivity index (χ3v) is 3.45. The maximum absolute atomic E-state index is 11.8. The van der Waals surface area contributed by atoms with E-state index in [-0.39, 0.29) is 16.5 Å². The van der Waals surface area contributed by atoms with Crippen molar-refractivity contribution in [3.05, 3.63) is 40.2 Å². The van der Waals surface area contributed by atoms with Gasteiger partial charge in [-0.15, -0.1) is 11.3 Å². The molecular formula is C12H11NO4S. The zero-order valence-corrected chi connectivity index (χ0v) is 10.6. The van der Waals surface area contributed by atoms with Crippen LogP contribution in [0.25, 0.3) is 0 Å².